The van der Waals surface area contributed by atoms with Crippen LogP contribution in [-0.4, -0.2) is 47.3 Å². The number of carboxylic acid groups (broad SMARTS) is 1. The third-order valence-electron chi connectivity index (χ3n) is 3.90. The Kier molecular flexibility index (Phi) is 7.65. The largest absolute Gasteiger partial charge is 0.478 e. The summed E-state index contributed by atoms with van der Waals surface area (Å²) in [6.07, 6.45) is 3.51. The van der Waals surface area contributed by atoms with Gasteiger partial charge in [-0.05, 0) is 29.7 Å². The monoisotopic (exact) mass is 380 g/mol. The molecule has 0 aromatic heterocycles. The molecule has 2 rings (SSSR count). The van der Waals surface area contributed by atoms with Crippen LogP contribution in [0.15, 0.2) is 60.7 Å². The number of imide groups is 1. The molecule has 7 heteroatoms. The molecule has 7 nitrogen and oxygen atoms in total. The lowest BCUT2D eigenvalue weighted by Gasteiger charge is -2.17. The molecule has 0 fully saturated rings. The Hall–Kier alpha value is -3.74. The number of aromatic carboxylic acids is 1. The number of benzene rings is 2. The molecule has 0 atom stereocenters. The molecule has 0 aliphatic heterocycles. The second-order valence-corrected chi connectivity index (χ2v) is 5.80. The molecule has 144 valence electrons. The van der Waals surface area contributed by atoms with Crippen molar-refractivity contribution in [3.8, 4) is 0 Å². The van der Waals surface area contributed by atoms with Crippen LogP contribution in [0.25, 0.3) is 6.08 Å². The zero-order chi connectivity index (χ0) is 20.4. The van der Waals surface area contributed by atoms with Gasteiger partial charge in [0.1, 0.15) is 6.29 Å². The molecule has 0 heterocycles. The number of nitrogens with zero attached hydrogens (tertiary/aromatic N) is 1. The van der Waals surface area contributed by atoms with E-state index in [0.29, 0.717) is 11.8 Å². The Morgan fingerprint density at radius 3 is 2.36 bits per heavy atom. The molecular weight excluding hydrogens is 360 g/mol. The zero-order valence-corrected chi connectivity index (χ0v) is 15.1. The number of amides is 3. The molecule has 2 N–H and O–H groups in total. The standard InChI is InChI=1S/C21H20N2O5/c24-15-14-23(19(25)11-10-16-6-2-1-3-7-16)21(28)22-13-12-17-8-4-5-9-18(17)20(26)27/h1-11,15H,12-14H2,(H,22,28)(H,26,27)/b11-10+. The minimum absolute atomic E-state index is 0.119. The molecule has 2 aromatic rings. The van der Waals surface area contributed by atoms with Gasteiger partial charge in [-0.2, -0.15) is 0 Å². The summed E-state index contributed by atoms with van der Waals surface area (Å²) in [4.78, 5) is 47.4. The lowest BCUT2D eigenvalue weighted by Crippen LogP contribution is -2.44. The molecule has 3 amide bonds. The minimum Gasteiger partial charge on any atom is -0.478 e. The smallest absolute Gasteiger partial charge is 0.335 e. The SMILES string of the molecule is O=CCN(C(=O)/C=C/c1ccccc1)C(=O)NCCc1ccccc1C(=O)O. The van der Waals surface area contributed by atoms with E-state index in [9.17, 15) is 24.3 Å². The molecule has 0 radical (unpaired) electrons. The first kappa shape index (κ1) is 20.6. The van der Waals surface area contributed by atoms with Crippen LogP contribution in [0.2, 0.25) is 0 Å². The van der Waals surface area contributed by atoms with E-state index in [2.05, 4.69) is 5.32 Å². The van der Waals surface area contributed by atoms with Gasteiger partial charge in [-0.25, -0.2) is 9.59 Å². The molecule has 0 bridgehead atoms. The Bertz CT molecular complexity index is 877. The maximum Gasteiger partial charge on any atom is 0.335 e. The number of nitrogens with one attached hydrogen (secondary N) is 1. The normalized spacial score (nSPS) is 10.4. The highest BCUT2D eigenvalue weighted by Gasteiger charge is 2.19. The summed E-state index contributed by atoms with van der Waals surface area (Å²) in [6, 6.07) is 14.8. The fourth-order valence-corrected chi connectivity index (χ4v) is 2.52. The van der Waals surface area contributed by atoms with Crippen molar-refractivity contribution in [1.82, 2.24) is 10.2 Å². The molecule has 0 aliphatic carbocycles. The van der Waals surface area contributed by atoms with Gasteiger partial charge in [0.25, 0.3) is 5.91 Å². The lowest BCUT2D eigenvalue weighted by molar-refractivity contribution is -0.125. The molecule has 0 aliphatic rings. The van der Waals surface area contributed by atoms with Gasteiger partial charge in [-0.1, -0.05) is 48.5 Å². The van der Waals surface area contributed by atoms with E-state index < -0.39 is 17.9 Å². The number of carbonyl (C=O) groups excluding carboxylic acids is 3. The second-order valence-electron chi connectivity index (χ2n) is 5.80. The van der Waals surface area contributed by atoms with Crippen LogP contribution in [-0.2, 0) is 16.0 Å². The third-order valence-corrected chi connectivity index (χ3v) is 3.90. The van der Waals surface area contributed by atoms with E-state index in [1.807, 2.05) is 18.2 Å². The highest BCUT2D eigenvalue weighted by Crippen LogP contribution is 2.09. The van der Waals surface area contributed by atoms with E-state index in [0.717, 1.165) is 10.5 Å². The van der Waals surface area contributed by atoms with Gasteiger partial charge in [0.15, 0.2) is 0 Å². The molecular formula is C21H20N2O5. The topological polar surface area (TPSA) is 104 Å². The van der Waals surface area contributed by atoms with Crippen LogP contribution in [0.3, 0.4) is 0 Å². The maximum atomic E-state index is 12.3. The van der Waals surface area contributed by atoms with Crippen LogP contribution >= 0.6 is 0 Å². The summed E-state index contributed by atoms with van der Waals surface area (Å²) >= 11 is 0. The van der Waals surface area contributed by atoms with Gasteiger partial charge in [-0.3, -0.25) is 9.69 Å². The highest BCUT2D eigenvalue weighted by atomic mass is 16.4. The van der Waals surface area contributed by atoms with Gasteiger partial charge in [0.05, 0.1) is 12.1 Å². The second kappa shape index (κ2) is 10.4. The molecule has 0 unspecified atom stereocenters. The van der Waals surface area contributed by atoms with Crippen LogP contribution in [0.5, 0.6) is 0 Å². The number of carbonyl (C=O) groups is 4. The number of rotatable bonds is 8. The van der Waals surface area contributed by atoms with Gasteiger partial charge < -0.3 is 15.2 Å². The van der Waals surface area contributed by atoms with E-state index in [4.69, 9.17) is 0 Å². The highest BCUT2D eigenvalue weighted by molar-refractivity contribution is 6.03. The van der Waals surface area contributed by atoms with Crippen molar-refractivity contribution >= 4 is 30.3 Å². The van der Waals surface area contributed by atoms with Crippen LogP contribution in [0.4, 0.5) is 4.79 Å². The van der Waals surface area contributed by atoms with Crippen molar-refractivity contribution in [3.63, 3.8) is 0 Å². The Balaban J connectivity index is 1.97. The fraction of sp³-hybridized carbons (Fsp3) is 0.143. The van der Waals surface area contributed by atoms with E-state index in [1.54, 1.807) is 36.4 Å². The van der Waals surface area contributed by atoms with Gasteiger partial charge in [0.2, 0.25) is 0 Å². The third kappa shape index (κ3) is 5.91. The quantitative estimate of drug-likeness (QED) is 0.541. The van der Waals surface area contributed by atoms with Crippen molar-refractivity contribution in [3.05, 3.63) is 77.4 Å². The molecule has 28 heavy (non-hydrogen) atoms. The van der Waals surface area contributed by atoms with Crippen molar-refractivity contribution in [1.29, 1.82) is 0 Å². The van der Waals surface area contributed by atoms with E-state index >= 15 is 0 Å². The predicted octanol–water partition coefficient (Wildman–Crippen LogP) is 2.38. The fourth-order valence-electron chi connectivity index (χ4n) is 2.52. The summed E-state index contributed by atoms with van der Waals surface area (Å²) in [7, 11) is 0. The maximum absolute atomic E-state index is 12.3. The number of aldehydes is 1. The van der Waals surface area contributed by atoms with Crippen molar-refractivity contribution in [2.24, 2.45) is 0 Å². The van der Waals surface area contributed by atoms with Gasteiger partial charge in [-0.15, -0.1) is 0 Å². The number of carboxylic acids is 1. The average molecular weight is 380 g/mol. The predicted molar refractivity (Wildman–Crippen MR) is 104 cm³/mol. The Morgan fingerprint density at radius 2 is 1.68 bits per heavy atom. The Labute approximate surface area is 162 Å². The van der Waals surface area contributed by atoms with Crippen LogP contribution < -0.4 is 5.32 Å². The van der Waals surface area contributed by atoms with Crippen molar-refractivity contribution < 1.29 is 24.3 Å². The lowest BCUT2D eigenvalue weighted by atomic mass is 10.0. The minimum atomic E-state index is -1.05. The van der Waals surface area contributed by atoms with Crippen molar-refractivity contribution in [2.75, 3.05) is 13.1 Å². The van der Waals surface area contributed by atoms with Crippen molar-refractivity contribution in [2.45, 2.75) is 6.42 Å². The number of urea groups is 1. The summed E-state index contributed by atoms with van der Waals surface area (Å²) in [5.74, 6) is -1.68. The van der Waals surface area contributed by atoms with Gasteiger partial charge >= 0.3 is 12.0 Å². The number of hydrogen-bond donors (Lipinski definition) is 2. The summed E-state index contributed by atoms with van der Waals surface area (Å²) in [6.45, 7) is -0.260. The Morgan fingerprint density at radius 1 is 1.00 bits per heavy atom. The molecule has 0 saturated heterocycles. The van der Waals surface area contributed by atoms with Crippen LogP contribution in [0.1, 0.15) is 21.5 Å². The molecule has 0 saturated carbocycles. The average Bonchev–Trinajstić information content (AvgIpc) is 2.71. The summed E-state index contributed by atoms with van der Waals surface area (Å²) in [5.41, 5.74) is 1.50. The van der Waals surface area contributed by atoms with Crippen LogP contribution in [0, 0.1) is 0 Å². The first-order chi connectivity index (χ1) is 13.5. The van der Waals surface area contributed by atoms with E-state index in [-0.39, 0.29) is 25.1 Å². The zero-order valence-electron chi connectivity index (χ0n) is 15.1. The summed E-state index contributed by atoms with van der Waals surface area (Å²) in [5, 5.41) is 11.7. The first-order valence-corrected chi connectivity index (χ1v) is 8.60. The van der Waals surface area contributed by atoms with E-state index in [1.165, 1.54) is 12.1 Å². The number of hydrogen-bond acceptors (Lipinski definition) is 4. The first-order valence-electron chi connectivity index (χ1n) is 8.60. The summed E-state index contributed by atoms with van der Waals surface area (Å²) < 4.78 is 0. The molecule has 0 spiro atoms. The van der Waals surface area contributed by atoms with Gasteiger partial charge in [0, 0.05) is 12.6 Å². The molecule has 2 aromatic carbocycles.